The van der Waals surface area contributed by atoms with Crippen molar-refractivity contribution < 1.29 is 9.59 Å². The predicted octanol–water partition coefficient (Wildman–Crippen LogP) is 2.95. The number of hydrogen-bond donors (Lipinski definition) is 2. The van der Waals surface area contributed by atoms with Crippen molar-refractivity contribution in [2.45, 2.75) is 26.7 Å². The summed E-state index contributed by atoms with van der Waals surface area (Å²) in [7, 11) is 0. The lowest BCUT2D eigenvalue weighted by molar-refractivity contribution is 0.0947. The summed E-state index contributed by atoms with van der Waals surface area (Å²) in [6, 6.07) is 8.66. The van der Waals surface area contributed by atoms with E-state index in [4.69, 9.17) is 0 Å². The highest BCUT2D eigenvalue weighted by molar-refractivity contribution is 5.94. The third kappa shape index (κ3) is 4.88. The number of benzene rings is 1. The van der Waals surface area contributed by atoms with E-state index in [-0.39, 0.29) is 11.7 Å². The Morgan fingerprint density at radius 3 is 2.52 bits per heavy atom. The van der Waals surface area contributed by atoms with E-state index >= 15 is 0 Å². The van der Waals surface area contributed by atoms with E-state index in [1.54, 1.807) is 30.3 Å². The number of unbranched alkanes of at least 4 members (excludes halogenated alkanes) is 1. The number of nitrogens with one attached hydrogen (secondary N) is 2. The molecule has 0 aliphatic carbocycles. The minimum absolute atomic E-state index is 0.0182. The number of rotatable bonds is 7. The van der Waals surface area contributed by atoms with Gasteiger partial charge in [-0.3, -0.25) is 9.59 Å². The van der Waals surface area contributed by atoms with E-state index in [0.717, 1.165) is 18.5 Å². The molecule has 0 spiro atoms. The van der Waals surface area contributed by atoms with E-state index < -0.39 is 0 Å². The molecule has 0 bridgehead atoms. The standard InChI is InChI=1S/C17H20N4O2/c1-3-4-9-18-17(23)15-10-16(20-11-19-15)21-14-7-5-13(6-8-14)12(2)22/h5-8,10-11H,3-4,9H2,1-2H3,(H,18,23)(H,19,20,21). The van der Waals surface area contributed by atoms with Gasteiger partial charge in [-0.15, -0.1) is 0 Å². The van der Waals surface area contributed by atoms with Gasteiger partial charge in [0.15, 0.2) is 5.78 Å². The third-order valence-electron chi connectivity index (χ3n) is 3.28. The fourth-order valence-electron chi connectivity index (χ4n) is 1.96. The minimum Gasteiger partial charge on any atom is -0.351 e. The van der Waals surface area contributed by atoms with Crippen molar-refractivity contribution in [1.82, 2.24) is 15.3 Å². The lowest BCUT2D eigenvalue weighted by atomic mass is 10.1. The van der Waals surface area contributed by atoms with Crippen LogP contribution in [-0.4, -0.2) is 28.2 Å². The maximum absolute atomic E-state index is 12.0. The summed E-state index contributed by atoms with van der Waals surface area (Å²) >= 11 is 0. The molecule has 0 aliphatic heterocycles. The molecule has 6 nitrogen and oxygen atoms in total. The van der Waals surface area contributed by atoms with Crippen LogP contribution in [0.4, 0.5) is 11.5 Å². The van der Waals surface area contributed by atoms with Crippen LogP contribution in [0.15, 0.2) is 36.7 Å². The van der Waals surface area contributed by atoms with E-state index in [1.165, 1.54) is 13.3 Å². The smallest absolute Gasteiger partial charge is 0.270 e. The zero-order chi connectivity index (χ0) is 16.7. The number of ketones is 1. The molecule has 2 N–H and O–H groups in total. The Kier molecular flexibility index (Phi) is 5.80. The first-order chi connectivity index (χ1) is 11.1. The van der Waals surface area contributed by atoms with Gasteiger partial charge in [0, 0.05) is 23.9 Å². The summed E-state index contributed by atoms with van der Waals surface area (Å²) in [5.74, 6) is 0.330. The second-order valence-corrected chi connectivity index (χ2v) is 5.16. The molecule has 23 heavy (non-hydrogen) atoms. The molecule has 1 aromatic heterocycles. The molecule has 6 heteroatoms. The number of nitrogens with zero attached hydrogens (tertiary/aromatic N) is 2. The predicted molar refractivity (Wildman–Crippen MR) is 89.0 cm³/mol. The number of aromatic nitrogens is 2. The Morgan fingerprint density at radius 1 is 1.13 bits per heavy atom. The van der Waals surface area contributed by atoms with E-state index in [0.29, 0.717) is 23.6 Å². The molecule has 2 rings (SSSR count). The molecule has 0 radical (unpaired) electrons. The van der Waals surface area contributed by atoms with Gasteiger partial charge in [0.2, 0.25) is 0 Å². The Hall–Kier alpha value is -2.76. The summed E-state index contributed by atoms with van der Waals surface area (Å²) < 4.78 is 0. The first-order valence-corrected chi connectivity index (χ1v) is 7.58. The van der Waals surface area contributed by atoms with Crippen LogP contribution in [0, 0.1) is 0 Å². The molecular weight excluding hydrogens is 292 g/mol. The number of hydrogen-bond acceptors (Lipinski definition) is 5. The molecule has 0 saturated carbocycles. The van der Waals surface area contributed by atoms with Crippen LogP contribution in [0.5, 0.6) is 0 Å². The Labute approximate surface area is 135 Å². The van der Waals surface area contributed by atoms with Crippen molar-refractivity contribution in [3.63, 3.8) is 0 Å². The number of carbonyl (C=O) groups is 2. The number of amides is 1. The van der Waals surface area contributed by atoms with Gasteiger partial charge in [-0.25, -0.2) is 9.97 Å². The topological polar surface area (TPSA) is 84.0 Å². The molecule has 1 aromatic carbocycles. The monoisotopic (exact) mass is 312 g/mol. The van der Waals surface area contributed by atoms with Gasteiger partial charge in [-0.1, -0.05) is 13.3 Å². The number of anilines is 2. The lowest BCUT2D eigenvalue weighted by Gasteiger charge is -2.08. The maximum Gasteiger partial charge on any atom is 0.270 e. The van der Waals surface area contributed by atoms with Crippen LogP contribution in [0.25, 0.3) is 0 Å². The van der Waals surface area contributed by atoms with Crippen molar-refractivity contribution in [2.75, 3.05) is 11.9 Å². The minimum atomic E-state index is -0.212. The summed E-state index contributed by atoms with van der Waals surface area (Å²) in [6.45, 7) is 4.22. The summed E-state index contributed by atoms with van der Waals surface area (Å²) in [5, 5.41) is 5.91. The van der Waals surface area contributed by atoms with Gasteiger partial charge in [0.25, 0.3) is 5.91 Å². The third-order valence-corrected chi connectivity index (χ3v) is 3.28. The molecule has 2 aromatic rings. The highest BCUT2D eigenvalue weighted by Crippen LogP contribution is 2.15. The van der Waals surface area contributed by atoms with Crippen molar-refractivity contribution in [3.05, 3.63) is 47.9 Å². The van der Waals surface area contributed by atoms with Crippen molar-refractivity contribution in [3.8, 4) is 0 Å². The van der Waals surface area contributed by atoms with E-state index in [9.17, 15) is 9.59 Å². The Balaban J connectivity index is 2.04. The molecule has 0 saturated heterocycles. The molecule has 120 valence electrons. The van der Waals surface area contributed by atoms with Crippen LogP contribution in [0.1, 0.15) is 47.5 Å². The first kappa shape index (κ1) is 16.6. The number of carbonyl (C=O) groups excluding carboxylic acids is 2. The molecule has 0 atom stereocenters. The molecule has 0 fully saturated rings. The SMILES string of the molecule is CCCCNC(=O)c1cc(Nc2ccc(C(C)=O)cc2)ncn1. The fourth-order valence-corrected chi connectivity index (χ4v) is 1.96. The first-order valence-electron chi connectivity index (χ1n) is 7.58. The van der Waals surface area contributed by atoms with Crippen LogP contribution < -0.4 is 10.6 Å². The highest BCUT2D eigenvalue weighted by atomic mass is 16.1. The van der Waals surface area contributed by atoms with Gasteiger partial charge in [0.1, 0.15) is 17.8 Å². The van der Waals surface area contributed by atoms with Crippen molar-refractivity contribution in [2.24, 2.45) is 0 Å². The average Bonchev–Trinajstić information content (AvgIpc) is 2.56. The largest absolute Gasteiger partial charge is 0.351 e. The van der Waals surface area contributed by atoms with Gasteiger partial charge in [-0.2, -0.15) is 0 Å². The van der Waals surface area contributed by atoms with Gasteiger partial charge < -0.3 is 10.6 Å². The summed E-state index contributed by atoms with van der Waals surface area (Å²) in [5.41, 5.74) is 1.75. The molecule has 0 unspecified atom stereocenters. The maximum atomic E-state index is 12.0. The van der Waals surface area contributed by atoms with Crippen LogP contribution in [0.3, 0.4) is 0 Å². The Bertz CT molecular complexity index is 683. The second-order valence-electron chi connectivity index (χ2n) is 5.16. The van der Waals surface area contributed by atoms with Crippen LogP contribution in [0.2, 0.25) is 0 Å². The number of Topliss-reactive ketones (excluding diaryl/α,β-unsaturated/α-hetero) is 1. The second kappa shape index (κ2) is 8.03. The van der Waals surface area contributed by atoms with Crippen molar-refractivity contribution >= 4 is 23.2 Å². The summed E-state index contributed by atoms with van der Waals surface area (Å²) in [4.78, 5) is 31.3. The molecular formula is C17H20N4O2. The van der Waals surface area contributed by atoms with Crippen LogP contribution in [-0.2, 0) is 0 Å². The van der Waals surface area contributed by atoms with Crippen molar-refractivity contribution in [1.29, 1.82) is 0 Å². The molecule has 1 heterocycles. The van der Waals surface area contributed by atoms with Gasteiger partial charge >= 0.3 is 0 Å². The quantitative estimate of drug-likeness (QED) is 0.606. The van der Waals surface area contributed by atoms with E-state index in [1.807, 2.05) is 0 Å². The average molecular weight is 312 g/mol. The van der Waals surface area contributed by atoms with Crippen LogP contribution >= 0.6 is 0 Å². The van der Waals surface area contributed by atoms with E-state index in [2.05, 4.69) is 27.5 Å². The zero-order valence-corrected chi connectivity index (χ0v) is 13.3. The van der Waals surface area contributed by atoms with Gasteiger partial charge in [0.05, 0.1) is 0 Å². The molecule has 0 aliphatic rings. The summed E-state index contributed by atoms with van der Waals surface area (Å²) in [6.07, 6.45) is 3.30. The highest BCUT2D eigenvalue weighted by Gasteiger charge is 2.08. The fraction of sp³-hybridized carbons (Fsp3) is 0.294. The van der Waals surface area contributed by atoms with Gasteiger partial charge in [-0.05, 0) is 37.6 Å². The Morgan fingerprint density at radius 2 is 1.87 bits per heavy atom. The zero-order valence-electron chi connectivity index (χ0n) is 13.3. The lowest BCUT2D eigenvalue weighted by Crippen LogP contribution is -2.25. The normalized spacial score (nSPS) is 10.2. The molecule has 1 amide bonds.